The quantitative estimate of drug-likeness (QED) is 0.537. The van der Waals surface area contributed by atoms with Gasteiger partial charge in [0.2, 0.25) is 0 Å². The number of carbonyl (C=O) groups excluding carboxylic acids is 2. The number of imidazole rings is 1. The molecule has 8 nitrogen and oxygen atoms in total. The lowest BCUT2D eigenvalue weighted by Gasteiger charge is -2.12. The van der Waals surface area contributed by atoms with Crippen LogP contribution in [0, 0.1) is 0 Å². The van der Waals surface area contributed by atoms with Gasteiger partial charge in [0.1, 0.15) is 16.7 Å². The Morgan fingerprint density at radius 3 is 2.92 bits per heavy atom. The monoisotopic (exact) mass is 367 g/mol. The van der Waals surface area contributed by atoms with Crippen molar-refractivity contribution in [3.8, 4) is 0 Å². The third-order valence-corrected chi connectivity index (χ3v) is 4.84. The molecule has 0 saturated heterocycles. The molecule has 4 aromatic rings. The molecule has 0 bridgehead atoms. The molecule has 0 aliphatic rings. The summed E-state index contributed by atoms with van der Waals surface area (Å²) in [5.41, 5.74) is 0.939. The normalized spacial score (nSPS) is 12.2. The highest BCUT2D eigenvalue weighted by Gasteiger charge is 2.21. The number of amides is 1. The van der Waals surface area contributed by atoms with Gasteiger partial charge in [0.05, 0.1) is 6.33 Å². The van der Waals surface area contributed by atoms with E-state index in [0.717, 1.165) is 10.1 Å². The van der Waals surface area contributed by atoms with Crippen LogP contribution in [0.1, 0.15) is 16.6 Å². The SMILES string of the molecule is C[C@@H](OC(=O)c1cc2ccccc2s1)C(=O)Nc1ncnc2nc[nH]c12. The Morgan fingerprint density at radius 2 is 2.08 bits per heavy atom. The first-order valence-corrected chi connectivity index (χ1v) is 8.58. The average Bonchev–Trinajstić information content (AvgIpc) is 3.28. The zero-order valence-corrected chi connectivity index (χ0v) is 14.4. The van der Waals surface area contributed by atoms with Gasteiger partial charge in [0, 0.05) is 4.70 Å². The zero-order chi connectivity index (χ0) is 18.1. The number of hydrogen-bond donors (Lipinski definition) is 2. The van der Waals surface area contributed by atoms with E-state index in [-0.39, 0.29) is 5.82 Å². The minimum atomic E-state index is -0.986. The molecular formula is C17H13N5O3S. The molecule has 0 spiro atoms. The number of nitrogens with zero attached hydrogens (tertiary/aromatic N) is 3. The molecule has 0 fully saturated rings. The molecule has 1 amide bonds. The van der Waals surface area contributed by atoms with Crippen molar-refractivity contribution in [2.75, 3.05) is 5.32 Å². The molecule has 3 heterocycles. The fourth-order valence-corrected chi connectivity index (χ4v) is 3.38. The number of anilines is 1. The van der Waals surface area contributed by atoms with E-state index in [4.69, 9.17) is 4.74 Å². The summed E-state index contributed by atoms with van der Waals surface area (Å²) in [6.07, 6.45) is 1.77. The van der Waals surface area contributed by atoms with Crippen LogP contribution in [0.15, 0.2) is 43.0 Å². The van der Waals surface area contributed by atoms with Gasteiger partial charge in [-0.05, 0) is 24.4 Å². The van der Waals surface area contributed by atoms with Crippen LogP contribution in [-0.2, 0) is 9.53 Å². The topological polar surface area (TPSA) is 110 Å². The molecule has 130 valence electrons. The highest BCUT2D eigenvalue weighted by atomic mass is 32.1. The van der Waals surface area contributed by atoms with E-state index in [1.807, 2.05) is 24.3 Å². The van der Waals surface area contributed by atoms with Gasteiger partial charge >= 0.3 is 5.97 Å². The number of thiophene rings is 1. The van der Waals surface area contributed by atoms with Crippen molar-refractivity contribution in [3.63, 3.8) is 0 Å². The smallest absolute Gasteiger partial charge is 0.349 e. The van der Waals surface area contributed by atoms with Crippen LogP contribution in [0.5, 0.6) is 0 Å². The number of nitrogens with one attached hydrogen (secondary N) is 2. The summed E-state index contributed by atoms with van der Waals surface area (Å²) in [5, 5.41) is 3.58. The van der Waals surface area contributed by atoms with Crippen molar-refractivity contribution in [2.45, 2.75) is 13.0 Å². The number of aromatic amines is 1. The van der Waals surface area contributed by atoms with E-state index in [1.165, 1.54) is 30.9 Å². The minimum Gasteiger partial charge on any atom is -0.448 e. The molecule has 1 aromatic carbocycles. The van der Waals surface area contributed by atoms with Crippen molar-refractivity contribution in [3.05, 3.63) is 47.9 Å². The van der Waals surface area contributed by atoms with Crippen molar-refractivity contribution in [1.29, 1.82) is 0 Å². The van der Waals surface area contributed by atoms with Gasteiger partial charge < -0.3 is 15.0 Å². The second kappa shape index (κ2) is 6.52. The van der Waals surface area contributed by atoms with Crippen LogP contribution in [0.2, 0.25) is 0 Å². The second-order valence-corrected chi connectivity index (χ2v) is 6.59. The minimum absolute atomic E-state index is 0.280. The Hall–Kier alpha value is -3.33. The molecule has 0 unspecified atom stereocenters. The number of ether oxygens (including phenoxy) is 1. The number of benzene rings is 1. The number of rotatable bonds is 4. The lowest BCUT2D eigenvalue weighted by molar-refractivity contribution is -0.123. The fraction of sp³-hybridized carbons (Fsp3) is 0.118. The predicted octanol–water partition coefficient (Wildman–Crippen LogP) is 2.75. The summed E-state index contributed by atoms with van der Waals surface area (Å²) in [6.45, 7) is 1.51. The van der Waals surface area contributed by atoms with Gasteiger partial charge in [0.25, 0.3) is 5.91 Å². The highest BCUT2D eigenvalue weighted by molar-refractivity contribution is 7.20. The van der Waals surface area contributed by atoms with Crippen molar-refractivity contribution in [2.24, 2.45) is 0 Å². The van der Waals surface area contributed by atoms with E-state index in [0.29, 0.717) is 16.0 Å². The molecular weight excluding hydrogens is 354 g/mol. The predicted molar refractivity (Wildman–Crippen MR) is 97.0 cm³/mol. The first kappa shape index (κ1) is 16.2. The summed E-state index contributed by atoms with van der Waals surface area (Å²) in [5.74, 6) is -0.750. The van der Waals surface area contributed by atoms with E-state index in [9.17, 15) is 9.59 Å². The number of fused-ring (bicyclic) bond motifs is 2. The van der Waals surface area contributed by atoms with Crippen molar-refractivity contribution >= 4 is 50.3 Å². The van der Waals surface area contributed by atoms with Gasteiger partial charge in [-0.2, -0.15) is 0 Å². The molecule has 1 atom stereocenters. The van der Waals surface area contributed by atoms with Gasteiger partial charge in [-0.1, -0.05) is 18.2 Å². The van der Waals surface area contributed by atoms with E-state index in [2.05, 4.69) is 25.3 Å². The summed E-state index contributed by atoms with van der Waals surface area (Å²) in [4.78, 5) is 39.9. The summed E-state index contributed by atoms with van der Waals surface area (Å²) < 4.78 is 6.27. The van der Waals surface area contributed by atoms with Crippen LogP contribution < -0.4 is 5.32 Å². The molecule has 0 radical (unpaired) electrons. The maximum atomic E-state index is 12.3. The van der Waals surface area contributed by atoms with E-state index >= 15 is 0 Å². The maximum absolute atomic E-state index is 12.3. The zero-order valence-electron chi connectivity index (χ0n) is 13.6. The lowest BCUT2D eigenvalue weighted by atomic mass is 10.2. The molecule has 0 saturated carbocycles. The molecule has 4 rings (SSSR count). The lowest BCUT2D eigenvalue weighted by Crippen LogP contribution is -2.30. The van der Waals surface area contributed by atoms with Crippen LogP contribution in [0.25, 0.3) is 21.3 Å². The summed E-state index contributed by atoms with van der Waals surface area (Å²) >= 11 is 1.33. The number of esters is 1. The third kappa shape index (κ3) is 3.00. The molecule has 3 aromatic heterocycles. The Kier molecular flexibility index (Phi) is 4.05. The van der Waals surface area contributed by atoms with Crippen LogP contribution >= 0.6 is 11.3 Å². The van der Waals surface area contributed by atoms with Gasteiger partial charge in [-0.25, -0.2) is 19.7 Å². The number of hydrogen-bond acceptors (Lipinski definition) is 7. The second-order valence-electron chi connectivity index (χ2n) is 5.51. The van der Waals surface area contributed by atoms with Crippen molar-refractivity contribution < 1.29 is 14.3 Å². The highest BCUT2D eigenvalue weighted by Crippen LogP contribution is 2.26. The molecule has 26 heavy (non-hydrogen) atoms. The Labute approximate surface area is 151 Å². The third-order valence-electron chi connectivity index (χ3n) is 3.74. The van der Waals surface area contributed by atoms with Crippen LogP contribution in [0.4, 0.5) is 5.82 Å². The van der Waals surface area contributed by atoms with Gasteiger partial charge in [-0.3, -0.25) is 4.79 Å². The summed E-state index contributed by atoms with van der Waals surface area (Å²) in [6, 6.07) is 9.41. The first-order chi connectivity index (χ1) is 12.6. The maximum Gasteiger partial charge on any atom is 0.349 e. The molecule has 2 N–H and O–H groups in total. The number of carbonyl (C=O) groups is 2. The number of aromatic nitrogens is 4. The molecule has 0 aliphatic carbocycles. The Balaban J connectivity index is 1.46. The fourth-order valence-electron chi connectivity index (χ4n) is 2.43. The van der Waals surface area contributed by atoms with E-state index in [1.54, 1.807) is 6.07 Å². The average molecular weight is 367 g/mol. The Bertz CT molecular complexity index is 1090. The van der Waals surface area contributed by atoms with Crippen LogP contribution in [0.3, 0.4) is 0 Å². The first-order valence-electron chi connectivity index (χ1n) is 7.76. The van der Waals surface area contributed by atoms with Gasteiger partial charge in [-0.15, -0.1) is 11.3 Å². The van der Waals surface area contributed by atoms with Crippen LogP contribution in [-0.4, -0.2) is 37.9 Å². The molecule has 0 aliphatic heterocycles. The van der Waals surface area contributed by atoms with Crippen molar-refractivity contribution in [1.82, 2.24) is 19.9 Å². The standard InChI is InChI=1S/C17H13N5O3S/c1-9(16(23)22-15-13-14(19-7-18-13)20-8-21-15)25-17(24)12-6-10-4-2-3-5-11(10)26-12/h2-9H,1H3,(H2,18,19,20,21,22,23)/t9-/m1/s1. The van der Waals surface area contributed by atoms with E-state index < -0.39 is 18.0 Å². The molecule has 9 heteroatoms. The van der Waals surface area contributed by atoms with Gasteiger partial charge in [0.15, 0.2) is 17.6 Å². The largest absolute Gasteiger partial charge is 0.448 e. The number of H-pyrrole nitrogens is 1. The Morgan fingerprint density at radius 1 is 1.23 bits per heavy atom. The summed E-state index contributed by atoms with van der Waals surface area (Å²) in [7, 11) is 0.